The molecule has 5 aliphatic rings. The lowest BCUT2D eigenvalue weighted by atomic mass is 9.88. The first kappa shape index (κ1) is 23.7. The summed E-state index contributed by atoms with van der Waals surface area (Å²) in [7, 11) is 0. The summed E-state index contributed by atoms with van der Waals surface area (Å²) < 4.78 is 21.4. The van der Waals surface area contributed by atoms with E-state index in [0.717, 1.165) is 23.3 Å². The second kappa shape index (κ2) is 8.71. The van der Waals surface area contributed by atoms with Crippen LogP contribution >= 0.6 is 0 Å². The molecule has 3 N–H and O–H groups in total. The molecule has 6 bridgehead atoms. The average Bonchev–Trinajstić information content (AvgIpc) is 3.25. The monoisotopic (exact) mass is 502 g/mol. The number of hydrogen-bond donors (Lipinski definition) is 2. The highest BCUT2D eigenvalue weighted by atomic mass is 19.1. The molecule has 7 rings (SSSR count). The molecule has 0 radical (unpaired) electrons. The van der Waals surface area contributed by atoms with Gasteiger partial charge in [-0.3, -0.25) is 14.5 Å². The van der Waals surface area contributed by atoms with Crippen molar-refractivity contribution >= 4 is 23.8 Å². The molecule has 2 aromatic rings. The Kier molecular flexibility index (Phi) is 5.58. The summed E-state index contributed by atoms with van der Waals surface area (Å²) >= 11 is 0. The number of amides is 2. The molecular weight excluding hydrogens is 471 g/mol. The van der Waals surface area contributed by atoms with Crippen LogP contribution in [0.25, 0.3) is 6.08 Å². The molecule has 0 saturated carbocycles. The van der Waals surface area contributed by atoms with Crippen LogP contribution in [0, 0.1) is 5.82 Å². The lowest BCUT2D eigenvalue weighted by molar-refractivity contribution is -0.130. The number of carbonyl (C=O) groups is 2. The molecule has 0 fully saturated rings. The van der Waals surface area contributed by atoms with Crippen LogP contribution in [0.5, 0.6) is 5.75 Å². The van der Waals surface area contributed by atoms with Crippen molar-refractivity contribution in [2.45, 2.75) is 76.1 Å². The number of guanidine groups is 1. The van der Waals surface area contributed by atoms with Crippen molar-refractivity contribution < 1.29 is 18.7 Å². The van der Waals surface area contributed by atoms with E-state index in [4.69, 9.17) is 10.5 Å². The smallest absolute Gasteiger partial charge is 0.251 e. The van der Waals surface area contributed by atoms with Gasteiger partial charge >= 0.3 is 0 Å². The molecule has 7 nitrogen and oxygen atoms in total. The topological polar surface area (TPSA) is 97.0 Å². The minimum absolute atomic E-state index is 0.111. The van der Waals surface area contributed by atoms with Crippen LogP contribution < -0.4 is 15.8 Å². The zero-order valence-electron chi connectivity index (χ0n) is 21.1. The fourth-order valence-electron chi connectivity index (χ4n) is 6.13. The van der Waals surface area contributed by atoms with Crippen molar-refractivity contribution in [1.82, 2.24) is 10.2 Å². The predicted molar refractivity (Wildman–Crippen MR) is 139 cm³/mol. The fraction of sp³-hybridized carbons (Fsp3) is 0.414. The van der Waals surface area contributed by atoms with Gasteiger partial charge in [-0.15, -0.1) is 0 Å². The Bertz CT molecular complexity index is 1370. The summed E-state index contributed by atoms with van der Waals surface area (Å²) in [5.41, 5.74) is 9.11. The fourth-order valence-corrected chi connectivity index (χ4v) is 6.13. The van der Waals surface area contributed by atoms with Crippen molar-refractivity contribution in [1.29, 1.82) is 0 Å². The van der Waals surface area contributed by atoms with Crippen LogP contribution in [-0.4, -0.2) is 34.3 Å². The zero-order chi connectivity index (χ0) is 25.9. The molecular formula is C29H31FN4O3. The van der Waals surface area contributed by atoms with Crippen molar-refractivity contribution in [2.75, 3.05) is 0 Å². The standard InChI is InChI=1S/C29H31FN4O3/c1-29(2)15-23-21-11-16(7-10-25(21)37-29)5-3-4-6-18-14-26(35)34(28(31)32-18)24-9-8-19-20(24)12-17(13-22(19)30)27(36)33-23/h3,5,7,10-13,18,23-24H,4,6,8-9,14-15H2,1-2H3,(H2,31,32)(H,33,36)/b5-3-/t18?,23?,24-/m1/s1. The van der Waals surface area contributed by atoms with Gasteiger partial charge in [0.05, 0.1) is 18.1 Å². The minimum Gasteiger partial charge on any atom is -0.487 e. The van der Waals surface area contributed by atoms with Gasteiger partial charge in [0, 0.05) is 24.0 Å². The summed E-state index contributed by atoms with van der Waals surface area (Å²) in [4.78, 5) is 32.8. The van der Waals surface area contributed by atoms with Crippen LogP contribution in [0.4, 0.5) is 4.39 Å². The maximum atomic E-state index is 15.2. The van der Waals surface area contributed by atoms with Crippen molar-refractivity contribution in [2.24, 2.45) is 10.7 Å². The Hall–Kier alpha value is -3.68. The quantitative estimate of drug-likeness (QED) is 0.552. The number of rotatable bonds is 0. The molecule has 2 aromatic carbocycles. The highest BCUT2D eigenvalue weighted by Gasteiger charge is 2.39. The highest BCUT2D eigenvalue weighted by molar-refractivity contribution is 5.99. The summed E-state index contributed by atoms with van der Waals surface area (Å²) in [6.07, 6.45) is 7.41. The van der Waals surface area contributed by atoms with Gasteiger partial charge in [0.15, 0.2) is 5.96 Å². The molecule has 4 aliphatic heterocycles. The van der Waals surface area contributed by atoms with E-state index in [2.05, 4.69) is 16.4 Å². The first-order valence-electron chi connectivity index (χ1n) is 13.0. The summed E-state index contributed by atoms with van der Waals surface area (Å²) in [6, 6.07) is 8.05. The Morgan fingerprint density at radius 3 is 2.81 bits per heavy atom. The molecule has 0 spiro atoms. The van der Waals surface area contributed by atoms with E-state index < -0.39 is 17.5 Å². The number of nitrogens with zero attached hydrogens (tertiary/aromatic N) is 2. The minimum atomic E-state index is -0.475. The third kappa shape index (κ3) is 4.28. The summed E-state index contributed by atoms with van der Waals surface area (Å²) in [5, 5.41) is 3.13. The normalized spacial score (nSPS) is 27.1. The van der Waals surface area contributed by atoms with Gasteiger partial charge in [-0.25, -0.2) is 9.38 Å². The van der Waals surface area contributed by atoms with Crippen molar-refractivity contribution in [3.63, 3.8) is 0 Å². The molecule has 0 saturated heterocycles. The summed E-state index contributed by atoms with van der Waals surface area (Å²) in [5.74, 6) is -0.00138. The molecule has 8 heteroatoms. The largest absolute Gasteiger partial charge is 0.487 e. The predicted octanol–water partition coefficient (Wildman–Crippen LogP) is 4.57. The lowest BCUT2D eigenvalue weighted by Crippen LogP contribution is -2.48. The molecule has 37 heavy (non-hydrogen) atoms. The van der Waals surface area contributed by atoms with E-state index in [1.807, 2.05) is 38.1 Å². The molecule has 2 unspecified atom stereocenters. The number of benzene rings is 2. The summed E-state index contributed by atoms with van der Waals surface area (Å²) in [6.45, 7) is 3.99. The van der Waals surface area contributed by atoms with E-state index in [1.165, 1.54) is 11.0 Å². The number of halogens is 1. The van der Waals surface area contributed by atoms with E-state index in [9.17, 15) is 9.59 Å². The van der Waals surface area contributed by atoms with E-state index in [1.54, 1.807) is 6.07 Å². The second-order valence-corrected chi connectivity index (χ2v) is 11.1. The molecule has 192 valence electrons. The lowest BCUT2D eigenvalue weighted by Gasteiger charge is -2.38. The number of nitrogens with one attached hydrogen (secondary N) is 1. The van der Waals surface area contributed by atoms with E-state index >= 15 is 4.39 Å². The molecule has 0 aromatic heterocycles. The first-order valence-corrected chi connectivity index (χ1v) is 13.0. The number of ether oxygens (including phenoxy) is 1. The maximum absolute atomic E-state index is 15.2. The zero-order valence-corrected chi connectivity index (χ0v) is 21.1. The Morgan fingerprint density at radius 2 is 2.00 bits per heavy atom. The van der Waals surface area contributed by atoms with Gasteiger partial charge in [-0.05, 0) is 80.5 Å². The van der Waals surface area contributed by atoms with Gasteiger partial charge in [0.2, 0.25) is 5.91 Å². The number of aliphatic imine (C=N–C) groups is 1. The molecule has 4 heterocycles. The molecule has 3 atom stereocenters. The van der Waals surface area contributed by atoms with Crippen LogP contribution in [-0.2, 0) is 11.2 Å². The van der Waals surface area contributed by atoms with E-state index in [-0.39, 0.29) is 41.8 Å². The number of carbonyl (C=O) groups excluding carboxylic acids is 2. The number of nitrogens with two attached hydrogens (primary N) is 1. The Labute approximate surface area is 215 Å². The highest BCUT2D eigenvalue weighted by Crippen LogP contribution is 2.42. The second-order valence-electron chi connectivity index (χ2n) is 11.1. The number of fused-ring (bicyclic) bond motifs is 4. The van der Waals surface area contributed by atoms with Crippen LogP contribution in [0.1, 0.15) is 90.6 Å². The maximum Gasteiger partial charge on any atom is 0.251 e. The van der Waals surface area contributed by atoms with Crippen LogP contribution in [0.2, 0.25) is 0 Å². The Morgan fingerprint density at radius 1 is 1.16 bits per heavy atom. The van der Waals surface area contributed by atoms with Crippen molar-refractivity contribution in [3.05, 3.63) is 70.0 Å². The third-order valence-corrected chi connectivity index (χ3v) is 7.84. The Balaban J connectivity index is 1.45. The van der Waals surface area contributed by atoms with Crippen LogP contribution in [0.15, 0.2) is 41.4 Å². The molecule has 2 amide bonds. The van der Waals surface area contributed by atoms with Gasteiger partial charge in [0.1, 0.15) is 17.2 Å². The first-order chi connectivity index (χ1) is 17.7. The number of hydrogen-bond acceptors (Lipinski definition) is 5. The number of allylic oxidation sites excluding steroid dienone is 1. The van der Waals surface area contributed by atoms with Crippen LogP contribution in [0.3, 0.4) is 0 Å². The van der Waals surface area contributed by atoms with Gasteiger partial charge < -0.3 is 15.8 Å². The molecule has 1 aliphatic carbocycles. The SMILES string of the molecule is CC1(C)CC2NC(=O)c3cc(F)c4c(c3)[C@@H](CC4)N3C(=O)CC(CC/C=C\c4ccc(c2c4)O1)N=C3N. The average molecular weight is 503 g/mol. The van der Waals surface area contributed by atoms with Gasteiger partial charge in [0.25, 0.3) is 5.91 Å². The van der Waals surface area contributed by atoms with E-state index in [0.29, 0.717) is 36.8 Å². The van der Waals surface area contributed by atoms with Gasteiger partial charge in [-0.1, -0.05) is 18.2 Å². The third-order valence-electron chi connectivity index (χ3n) is 7.84. The van der Waals surface area contributed by atoms with Crippen molar-refractivity contribution in [3.8, 4) is 5.75 Å². The van der Waals surface area contributed by atoms with Gasteiger partial charge in [-0.2, -0.15) is 0 Å².